The van der Waals surface area contributed by atoms with Crippen LogP contribution in [0.5, 0.6) is 5.75 Å². The Kier molecular flexibility index (Phi) is 8.27. The van der Waals surface area contributed by atoms with E-state index in [1.807, 2.05) is 0 Å². The van der Waals surface area contributed by atoms with Gasteiger partial charge in [0.25, 0.3) is 11.8 Å². The number of hydrogen-bond acceptors (Lipinski definition) is 5. The summed E-state index contributed by atoms with van der Waals surface area (Å²) in [6, 6.07) is 10.2. The van der Waals surface area contributed by atoms with Crippen molar-refractivity contribution in [2.24, 2.45) is 0 Å². The van der Waals surface area contributed by atoms with Crippen LogP contribution in [0.1, 0.15) is 53.3 Å². The van der Waals surface area contributed by atoms with Gasteiger partial charge in [0.2, 0.25) is 0 Å². The fourth-order valence-corrected chi connectivity index (χ4v) is 2.61. The Labute approximate surface area is 166 Å². The van der Waals surface area contributed by atoms with Gasteiger partial charge in [-0.2, -0.15) is 0 Å². The van der Waals surface area contributed by atoms with E-state index in [1.165, 1.54) is 12.8 Å². The van der Waals surface area contributed by atoms with Gasteiger partial charge < -0.3 is 9.64 Å². The molecule has 1 aromatic heterocycles. The number of aromatic nitrogens is 1. The third-order valence-corrected chi connectivity index (χ3v) is 4.13. The van der Waals surface area contributed by atoms with Gasteiger partial charge in [0, 0.05) is 25.9 Å². The summed E-state index contributed by atoms with van der Waals surface area (Å²) in [7, 11) is 3.59. The number of anilines is 1. The van der Waals surface area contributed by atoms with Crippen LogP contribution in [-0.4, -0.2) is 37.5 Å². The number of nitrogens with zero attached hydrogens (tertiary/aromatic N) is 2. The SMILES string of the molecule is CCCCCCOc1ccc(C(=O)NNC(=O)c2cccnc2N(C)C)cc1. The van der Waals surface area contributed by atoms with Crippen molar-refractivity contribution in [2.45, 2.75) is 32.6 Å². The minimum absolute atomic E-state index is 0.375. The molecule has 0 aliphatic carbocycles. The number of carbonyl (C=O) groups excluding carboxylic acids is 2. The van der Waals surface area contributed by atoms with Crippen LogP contribution in [0.25, 0.3) is 0 Å². The van der Waals surface area contributed by atoms with Gasteiger partial charge in [-0.1, -0.05) is 26.2 Å². The number of pyridine rings is 1. The van der Waals surface area contributed by atoms with Gasteiger partial charge in [0.05, 0.1) is 12.2 Å². The van der Waals surface area contributed by atoms with Crippen LogP contribution < -0.4 is 20.5 Å². The molecule has 1 heterocycles. The van der Waals surface area contributed by atoms with Gasteiger partial charge >= 0.3 is 0 Å². The number of amides is 2. The van der Waals surface area contributed by atoms with E-state index in [0.29, 0.717) is 23.6 Å². The molecular weight excluding hydrogens is 356 g/mol. The molecule has 7 heteroatoms. The average Bonchev–Trinajstić information content (AvgIpc) is 2.72. The van der Waals surface area contributed by atoms with E-state index in [-0.39, 0.29) is 0 Å². The van der Waals surface area contributed by atoms with E-state index in [4.69, 9.17) is 4.74 Å². The Hall–Kier alpha value is -3.09. The van der Waals surface area contributed by atoms with Crippen molar-refractivity contribution >= 4 is 17.6 Å². The maximum atomic E-state index is 12.3. The van der Waals surface area contributed by atoms with E-state index in [9.17, 15) is 9.59 Å². The second kappa shape index (κ2) is 10.9. The van der Waals surface area contributed by atoms with E-state index >= 15 is 0 Å². The molecule has 0 saturated carbocycles. The highest BCUT2D eigenvalue weighted by molar-refractivity contribution is 6.01. The largest absolute Gasteiger partial charge is 0.494 e. The van der Waals surface area contributed by atoms with Crippen molar-refractivity contribution in [1.82, 2.24) is 15.8 Å². The summed E-state index contributed by atoms with van der Waals surface area (Å²) in [5.74, 6) is 0.410. The number of hydrogen-bond donors (Lipinski definition) is 2. The van der Waals surface area contributed by atoms with Crippen LogP contribution in [0.15, 0.2) is 42.6 Å². The topological polar surface area (TPSA) is 83.6 Å². The standard InChI is InChI=1S/C21H28N4O3/c1-4-5-6-7-15-28-17-12-10-16(11-13-17)20(26)23-24-21(27)18-9-8-14-22-19(18)25(2)3/h8-14H,4-7,15H2,1-3H3,(H,23,26)(H,24,27). The quantitative estimate of drug-likeness (QED) is 0.512. The highest BCUT2D eigenvalue weighted by Crippen LogP contribution is 2.15. The summed E-state index contributed by atoms with van der Waals surface area (Å²) in [5, 5.41) is 0. The van der Waals surface area contributed by atoms with E-state index < -0.39 is 11.8 Å². The first-order chi connectivity index (χ1) is 13.5. The molecule has 0 radical (unpaired) electrons. The van der Waals surface area contributed by atoms with Crippen molar-refractivity contribution in [1.29, 1.82) is 0 Å². The third-order valence-electron chi connectivity index (χ3n) is 4.13. The molecule has 7 nitrogen and oxygen atoms in total. The van der Waals surface area contributed by atoms with Gasteiger partial charge in [-0.05, 0) is 42.8 Å². The number of benzene rings is 1. The molecule has 2 rings (SSSR count). The number of nitrogens with one attached hydrogen (secondary N) is 2. The summed E-state index contributed by atoms with van der Waals surface area (Å²) in [5.41, 5.74) is 5.65. The summed E-state index contributed by atoms with van der Waals surface area (Å²) >= 11 is 0. The molecular formula is C21H28N4O3. The molecule has 150 valence electrons. The van der Waals surface area contributed by atoms with Crippen molar-refractivity contribution in [3.8, 4) is 5.75 Å². The second-order valence-electron chi connectivity index (χ2n) is 6.61. The Morgan fingerprint density at radius 2 is 1.71 bits per heavy atom. The second-order valence-corrected chi connectivity index (χ2v) is 6.61. The molecule has 0 spiro atoms. The Bertz CT molecular complexity index is 775. The monoisotopic (exact) mass is 384 g/mol. The van der Waals surface area contributed by atoms with Crippen molar-refractivity contribution in [2.75, 3.05) is 25.6 Å². The van der Waals surface area contributed by atoms with Crippen LogP contribution >= 0.6 is 0 Å². The normalized spacial score (nSPS) is 10.2. The van der Waals surface area contributed by atoms with E-state index in [1.54, 1.807) is 61.6 Å². The number of ether oxygens (including phenoxy) is 1. The van der Waals surface area contributed by atoms with E-state index in [2.05, 4.69) is 22.8 Å². The Balaban J connectivity index is 1.85. The molecule has 0 atom stereocenters. The van der Waals surface area contributed by atoms with Gasteiger partial charge in [0.1, 0.15) is 11.6 Å². The maximum absolute atomic E-state index is 12.3. The molecule has 0 saturated heterocycles. The lowest BCUT2D eigenvalue weighted by Crippen LogP contribution is -2.42. The van der Waals surface area contributed by atoms with Gasteiger partial charge in [0.15, 0.2) is 0 Å². The minimum Gasteiger partial charge on any atom is -0.494 e. The highest BCUT2D eigenvalue weighted by Gasteiger charge is 2.14. The minimum atomic E-state index is -0.433. The van der Waals surface area contributed by atoms with Crippen LogP contribution in [0, 0.1) is 0 Å². The summed E-state index contributed by atoms with van der Waals surface area (Å²) in [4.78, 5) is 30.5. The molecule has 2 amide bonds. The number of unbranched alkanes of at least 4 members (excludes halogenated alkanes) is 3. The first kappa shape index (κ1) is 21.2. The molecule has 0 fully saturated rings. The molecule has 0 aliphatic rings. The van der Waals surface area contributed by atoms with Gasteiger partial charge in [-0.15, -0.1) is 0 Å². The summed E-state index contributed by atoms with van der Waals surface area (Å²) in [6.07, 6.45) is 6.19. The number of rotatable bonds is 9. The number of carbonyl (C=O) groups is 2. The molecule has 28 heavy (non-hydrogen) atoms. The zero-order chi connectivity index (χ0) is 20.4. The summed E-state index contributed by atoms with van der Waals surface area (Å²) < 4.78 is 5.67. The van der Waals surface area contributed by atoms with Crippen LogP contribution in [0.2, 0.25) is 0 Å². The fraction of sp³-hybridized carbons (Fsp3) is 0.381. The van der Waals surface area contributed by atoms with E-state index in [0.717, 1.165) is 18.6 Å². The first-order valence-corrected chi connectivity index (χ1v) is 9.48. The van der Waals surface area contributed by atoms with Crippen LogP contribution in [0.4, 0.5) is 5.82 Å². The number of hydrazine groups is 1. The lowest BCUT2D eigenvalue weighted by molar-refractivity contribution is 0.0846. The molecule has 0 unspecified atom stereocenters. The third kappa shape index (κ3) is 6.26. The van der Waals surface area contributed by atoms with Crippen molar-refractivity contribution < 1.29 is 14.3 Å². The smallest absolute Gasteiger partial charge is 0.273 e. The summed E-state index contributed by atoms with van der Waals surface area (Å²) in [6.45, 7) is 2.84. The fourth-order valence-electron chi connectivity index (χ4n) is 2.61. The molecule has 0 aliphatic heterocycles. The average molecular weight is 384 g/mol. The molecule has 1 aromatic carbocycles. The maximum Gasteiger partial charge on any atom is 0.273 e. The Morgan fingerprint density at radius 3 is 2.39 bits per heavy atom. The van der Waals surface area contributed by atoms with Crippen molar-refractivity contribution in [3.05, 3.63) is 53.7 Å². The van der Waals surface area contributed by atoms with Crippen LogP contribution in [-0.2, 0) is 0 Å². The predicted molar refractivity (Wildman–Crippen MR) is 110 cm³/mol. The lowest BCUT2D eigenvalue weighted by atomic mass is 10.2. The van der Waals surface area contributed by atoms with Crippen molar-refractivity contribution in [3.63, 3.8) is 0 Å². The molecule has 0 bridgehead atoms. The molecule has 2 N–H and O–H groups in total. The van der Waals surface area contributed by atoms with Crippen LogP contribution in [0.3, 0.4) is 0 Å². The zero-order valence-corrected chi connectivity index (χ0v) is 16.7. The predicted octanol–water partition coefficient (Wildman–Crippen LogP) is 3.18. The highest BCUT2D eigenvalue weighted by atomic mass is 16.5. The van der Waals surface area contributed by atoms with Gasteiger partial charge in [-0.25, -0.2) is 4.98 Å². The first-order valence-electron chi connectivity index (χ1n) is 9.48. The Morgan fingerprint density at radius 1 is 1.00 bits per heavy atom. The zero-order valence-electron chi connectivity index (χ0n) is 16.7. The van der Waals surface area contributed by atoms with Gasteiger partial charge in [-0.3, -0.25) is 20.4 Å². The lowest BCUT2D eigenvalue weighted by Gasteiger charge is -2.15. The molecule has 2 aromatic rings.